The van der Waals surface area contributed by atoms with Gasteiger partial charge in [0, 0.05) is 38.3 Å². The highest BCUT2D eigenvalue weighted by Crippen LogP contribution is 2.17. The standard InChI is InChI=1S/C12H16N4O3S.ClH/c17-12(14-8-9-6-13-7-9)10-2-1-3-16-4-5-20(18,19)15-11(10)16;/h1-3,9,13H,4-8H2,(H,14,17);1H. The zero-order valence-corrected chi connectivity index (χ0v) is 12.9. The van der Waals surface area contributed by atoms with Crippen LogP contribution in [0, 0.1) is 5.92 Å². The van der Waals surface area contributed by atoms with Gasteiger partial charge < -0.3 is 15.5 Å². The van der Waals surface area contributed by atoms with Gasteiger partial charge in [0.05, 0.1) is 11.3 Å². The van der Waals surface area contributed by atoms with Gasteiger partial charge >= 0.3 is 0 Å². The Kier molecular flexibility index (Phi) is 4.70. The van der Waals surface area contributed by atoms with Crippen LogP contribution in [0.5, 0.6) is 0 Å². The van der Waals surface area contributed by atoms with Crippen molar-refractivity contribution in [3.63, 3.8) is 0 Å². The van der Waals surface area contributed by atoms with E-state index in [0.717, 1.165) is 13.1 Å². The number of amidine groups is 1. The Morgan fingerprint density at radius 2 is 2.24 bits per heavy atom. The Bertz CT molecular complexity index is 622. The molecule has 0 atom stereocenters. The minimum Gasteiger partial charge on any atom is -0.352 e. The van der Waals surface area contributed by atoms with E-state index in [4.69, 9.17) is 0 Å². The molecule has 3 heterocycles. The number of fused-ring (bicyclic) bond motifs is 1. The third kappa shape index (κ3) is 3.45. The zero-order chi connectivity index (χ0) is 14.2. The molecule has 3 rings (SSSR count). The first-order valence-corrected chi connectivity index (χ1v) is 8.13. The Hall–Kier alpha value is -1.38. The van der Waals surface area contributed by atoms with Crippen molar-refractivity contribution < 1.29 is 13.2 Å². The van der Waals surface area contributed by atoms with E-state index in [9.17, 15) is 13.2 Å². The van der Waals surface area contributed by atoms with Crippen molar-refractivity contribution in [3.8, 4) is 0 Å². The number of nitrogens with one attached hydrogen (secondary N) is 2. The maximum absolute atomic E-state index is 12.2. The van der Waals surface area contributed by atoms with Gasteiger partial charge in [-0.3, -0.25) is 4.79 Å². The smallest absolute Gasteiger partial charge is 0.256 e. The summed E-state index contributed by atoms with van der Waals surface area (Å²) in [4.78, 5) is 13.9. The molecule has 3 aliphatic heterocycles. The molecule has 0 aromatic heterocycles. The van der Waals surface area contributed by atoms with Crippen LogP contribution in [0.4, 0.5) is 0 Å². The molecule has 3 aliphatic rings. The van der Waals surface area contributed by atoms with Gasteiger partial charge in [0.25, 0.3) is 15.9 Å². The summed E-state index contributed by atoms with van der Waals surface area (Å²) in [6.07, 6.45) is 5.07. The molecular weight excluding hydrogens is 316 g/mol. The number of hydrogen-bond acceptors (Lipinski definition) is 5. The summed E-state index contributed by atoms with van der Waals surface area (Å²) in [5.74, 6) is 0.376. The molecule has 0 bridgehead atoms. The maximum Gasteiger partial charge on any atom is 0.256 e. The monoisotopic (exact) mass is 332 g/mol. The van der Waals surface area contributed by atoms with Gasteiger partial charge in [-0.2, -0.15) is 0 Å². The lowest BCUT2D eigenvalue weighted by Crippen LogP contribution is -2.49. The number of halogens is 1. The van der Waals surface area contributed by atoms with E-state index < -0.39 is 10.0 Å². The number of hydrogen-bond donors (Lipinski definition) is 2. The Morgan fingerprint density at radius 3 is 2.90 bits per heavy atom. The average Bonchev–Trinajstić information content (AvgIpc) is 2.35. The first-order chi connectivity index (χ1) is 9.55. The highest BCUT2D eigenvalue weighted by Gasteiger charge is 2.30. The second kappa shape index (κ2) is 6.17. The van der Waals surface area contributed by atoms with Crippen LogP contribution in [0.2, 0.25) is 0 Å². The molecule has 9 heteroatoms. The van der Waals surface area contributed by atoms with Crippen LogP contribution in [0.25, 0.3) is 0 Å². The van der Waals surface area contributed by atoms with Crippen molar-refractivity contribution in [2.75, 3.05) is 31.9 Å². The van der Waals surface area contributed by atoms with Crippen molar-refractivity contribution in [1.82, 2.24) is 15.5 Å². The van der Waals surface area contributed by atoms with E-state index in [1.54, 1.807) is 23.3 Å². The van der Waals surface area contributed by atoms with Crippen LogP contribution in [0.3, 0.4) is 0 Å². The SMILES string of the molecule is Cl.O=C(NCC1CNC1)C1=CC=CN2CCS(=O)(=O)N=C12. The van der Waals surface area contributed by atoms with Crippen LogP contribution in [-0.4, -0.2) is 57.0 Å². The van der Waals surface area contributed by atoms with Crippen molar-refractivity contribution in [2.45, 2.75) is 0 Å². The number of carbonyl (C=O) groups is 1. The largest absolute Gasteiger partial charge is 0.352 e. The summed E-state index contributed by atoms with van der Waals surface area (Å²) >= 11 is 0. The molecule has 1 amide bonds. The molecule has 0 aromatic carbocycles. The third-order valence-electron chi connectivity index (χ3n) is 3.52. The molecular formula is C12H17ClN4O3S. The number of carbonyl (C=O) groups excluding carboxylic acids is 1. The summed E-state index contributed by atoms with van der Waals surface area (Å²) in [5.41, 5.74) is 0.308. The van der Waals surface area contributed by atoms with E-state index in [0.29, 0.717) is 24.6 Å². The first-order valence-electron chi connectivity index (χ1n) is 6.52. The van der Waals surface area contributed by atoms with Crippen molar-refractivity contribution in [1.29, 1.82) is 0 Å². The lowest BCUT2D eigenvalue weighted by molar-refractivity contribution is -0.117. The summed E-state index contributed by atoms with van der Waals surface area (Å²) in [6, 6.07) is 0. The third-order valence-corrected chi connectivity index (χ3v) is 4.67. The van der Waals surface area contributed by atoms with Gasteiger partial charge in [0.1, 0.15) is 0 Å². The van der Waals surface area contributed by atoms with E-state index in [1.165, 1.54) is 0 Å². The normalized spacial score (nSPS) is 23.1. The molecule has 0 aliphatic carbocycles. The van der Waals surface area contributed by atoms with E-state index >= 15 is 0 Å². The van der Waals surface area contributed by atoms with E-state index in [2.05, 4.69) is 15.0 Å². The predicted molar refractivity (Wildman–Crippen MR) is 81.8 cm³/mol. The van der Waals surface area contributed by atoms with Crippen molar-refractivity contribution >= 4 is 34.2 Å². The van der Waals surface area contributed by atoms with Crippen molar-refractivity contribution in [3.05, 3.63) is 23.9 Å². The second-order valence-electron chi connectivity index (χ2n) is 5.05. The summed E-state index contributed by atoms with van der Waals surface area (Å²) < 4.78 is 26.9. The van der Waals surface area contributed by atoms with Crippen LogP contribution < -0.4 is 10.6 Å². The second-order valence-corrected chi connectivity index (χ2v) is 6.81. The van der Waals surface area contributed by atoms with Gasteiger partial charge in [-0.25, -0.2) is 8.42 Å². The van der Waals surface area contributed by atoms with Gasteiger partial charge in [-0.15, -0.1) is 16.8 Å². The van der Waals surface area contributed by atoms with E-state index in [-0.39, 0.29) is 29.9 Å². The minimum atomic E-state index is -3.46. The van der Waals surface area contributed by atoms with Gasteiger partial charge in [-0.05, 0) is 12.2 Å². The van der Waals surface area contributed by atoms with Gasteiger partial charge in [0.15, 0.2) is 5.84 Å². The number of sulfonamides is 1. The molecule has 116 valence electrons. The highest BCUT2D eigenvalue weighted by molar-refractivity contribution is 7.90. The fraction of sp³-hybridized carbons (Fsp3) is 0.500. The minimum absolute atomic E-state index is 0. The van der Waals surface area contributed by atoms with Crippen molar-refractivity contribution in [2.24, 2.45) is 10.3 Å². The lowest BCUT2D eigenvalue weighted by Gasteiger charge is -2.30. The van der Waals surface area contributed by atoms with Gasteiger partial charge in [0.2, 0.25) is 0 Å². The lowest BCUT2D eigenvalue weighted by atomic mass is 10.0. The zero-order valence-electron chi connectivity index (χ0n) is 11.3. The number of allylic oxidation sites excluding steroid dienone is 2. The Labute approximate surface area is 129 Å². The maximum atomic E-state index is 12.2. The molecule has 21 heavy (non-hydrogen) atoms. The van der Waals surface area contributed by atoms with E-state index in [1.807, 2.05) is 0 Å². The van der Waals surface area contributed by atoms with Crippen LogP contribution in [0.1, 0.15) is 0 Å². The molecule has 0 spiro atoms. The summed E-state index contributed by atoms with van der Waals surface area (Å²) in [6.45, 7) is 2.73. The van der Waals surface area contributed by atoms with Crippen LogP contribution in [0.15, 0.2) is 28.3 Å². The number of rotatable bonds is 3. The predicted octanol–water partition coefficient (Wildman–Crippen LogP) is -0.759. The molecule has 7 nitrogen and oxygen atoms in total. The molecule has 2 N–H and O–H groups in total. The quantitative estimate of drug-likeness (QED) is 0.709. The number of amides is 1. The Morgan fingerprint density at radius 1 is 1.48 bits per heavy atom. The van der Waals surface area contributed by atoms with Crippen LogP contribution in [-0.2, 0) is 14.8 Å². The highest BCUT2D eigenvalue weighted by atomic mass is 35.5. The molecule has 0 unspecified atom stereocenters. The average molecular weight is 333 g/mol. The summed E-state index contributed by atoms with van der Waals surface area (Å²) in [5, 5.41) is 5.96. The fourth-order valence-corrected chi connectivity index (χ4v) is 3.20. The molecule has 0 saturated carbocycles. The molecule has 0 aromatic rings. The Balaban J connectivity index is 0.00000161. The van der Waals surface area contributed by atoms with Crippen LogP contribution >= 0.6 is 12.4 Å². The first kappa shape index (κ1) is 16.0. The molecule has 1 fully saturated rings. The number of nitrogens with zero attached hydrogens (tertiary/aromatic N) is 2. The molecule has 1 saturated heterocycles. The molecule has 0 radical (unpaired) electrons. The summed E-state index contributed by atoms with van der Waals surface area (Å²) in [7, 11) is -3.46. The topological polar surface area (TPSA) is 90.9 Å². The van der Waals surface area contributed by atoms with Gasteiger partial charge in [-0.1, -0.05) is 0 Å². The fourth-order valence-electron chi connectivity index (χ4n) is 2.22.